The van der Waals surface area contributed by atoms with E-state index in [0.717, 1.165) is 49.9 Å². The zero-order chi connectivity index (χ0) is 16.0. The van der Waals surface area contributed by atoms with E-state index in [9.17, 15) is 4.79 Å². The molecule has 0 bridgehead atoms. The predicted molar refractivity (Wildman–Crippen MR) is 90.1 cm³/mol. The first-order valence-electron chi connectivity index (χ1n) is 9.42. The highest BCUT2D eigenvalue weighted by atomic mass is 16.2. The number of carbonyl (C=O) groups excluding carboxylic acids is 1. The standard InChI is InChI=1S/C19H29N3O/c1-13-10-14(2)22(20-13)17-4-3-9-21(12-17)19(23)11-18(15-5-6-15)16-7-8-16/h10,15-18H,3-9,11-12H2,1-2H3/t17-/m0/s1. The zero-order valence-corrected chi connectivity index (χ0v) is 14.5. The van der Waals surface area contributed by atoms with E-state index in [-0.39, 0.29) is 0 Å². The van der Waals surface area contributed by atoms with E-state index in [4.69, 9.17) is 0 Å². The van der Waals surface area contributed by atoms with Crippen LogP contribution in [0.5, 0.6) is 0 Å². The van der Waals surface area contributed by atoms with Gasteiger partial charge >= 0.3 is 0 Å². The third-order valence-electron chi connectivity index (χ3n) is 6.01. The molecule has 3 fully saturated rings. The van der Waals surface area contributed by atoms with E-state index < -0.39 is 0 Å². The highest BCUT2D eigenvalue weighted by Gasteiger charge is 2.43. The van der Waals surface area contributed by atoms with Gasteiger partial charge in [-0.2, -0.15) is 5.10 Å². The van der Waals surface area contributed by atoms with Gasteiger partial charge in [0.15, 0.2) is 0 Å². The summed E-state index contributed by atoms with van der Waals surface area (Å²) < 4.78 is 2.15. The Hall–Kier alpha value is -1.32. The molecule has 1 aromatic rings. The Morgan fingerprint density at radius 2 is 1.91 bits per heavy atom. The Labute approximate surface area is 139 Å². The van der Waals surface area contributed by atoms with Crippen LogP contribution in [-0.2, 0) is 4.79 Å². The van der Waals surface area contributed by atoms with Crippen molar-refractivity contribution < 1.29 is 4.79 Å². The van der Waals surface area contributed by atoms with Crippen LogP contribution in [0.1, 0.15) is 62.4 Å². The number of likely N-dealkylation sites (tertiary alicyclic amines) is 1. The number of nitrogens with zero attached hydrogens (tertiary/aromatic N) is 3. The molecule has 1 aliphatic heterocycles. The molecule has 4 rings (SSSR count). The van der Waals surface area contributed by atoms with Gasteiger partial charge in [-0.1, -0.05) is 0 Å². The van der Waals surface area contributed by atoms with Crippen molar-refractivity contribution in [3.05, 3.63) is 17.5 Å². The van der Waals surface area contributed by atoms with Gasteiger partial charge in [0.25, 0.3) is 0 Å². The van der Waals surface area contributed by atoms with Crippen LogP contribution in [0.4, 0.5) is 0 Å². The van der Waals surface area contributed by atoms with Gasteiger partial charge in [-0.05, 0) is 76.2 Å². The van der Waals surface area contributed by atoms with E-state index in [1.807, 2.05) is 6.92 Å². The minimum absolute atomic E-state index is 0.363. The summed E-state index contributed by atoms with van der Waals surface area (Å²) in [7, 11) is 0. The number of carbonyl (C=O) groups is 1. The van der Waals surface area contributed by atoms with Crippen molar-refractivity contribution in [2.45, 2.75) is 64.8 Å². The Kier molecular flexibility index (Phi) is 3.94. The summed E-state index contributed by atoms with van der Waals surface area (Å²) in [6, 6.07) is 2.50. The first-order chi connectivity index (χ1) is 11.1. The van der Waals surface area contributed by atoms with Crippen molar-refractivity contribution in [2.24, 2.45) is 17.8 Å². The summed E-state index contributed by atoms with van der Waals surface area (Å²) in [5.74, 6) is 2.82. The molecule has 3 aliphatic rings. The molecule has 0 N–H and O–H groups in total. The van der Waals surface area contributed by atoms with Crippen molar-refractivity contribution in [1.82, 2.24) is 14.7 Å². The van der Waals surface area contributed by atoms with E-state index in [2.05, 4.69) is 27.7 Å². The van der Waals surface area contributed by atoms with Crippen LogP contribution in [0.15, 0.2) is 6.07 Å². The molecule has 0 aromatic carbocycles. The van der Waals surface area contributed by atoms with Crippen LogP contribution in [-0.4, -0.2) is 33.7 Å². The molecule has 1 atom stereocenters. The average Bonchev–Trinajstić information content (AvgIpc) is 3.44. The summed E-state index contributed by atoms with van der Waals surface area (Å²) >= 11 is 0. The number of hydrogen-bond acceptors (Lipinski definition) is 2. The molecule has 0 spiro atoms. The lowest BCUT2D eigenvalue weighted by Gasteiger charge is -2.34. The van der Waals surface area contributed by atoms with Crippen LogP contribution in [0.3, 0.4) is 0 Å². The summed E-state index contributed by atoms with van der Waals surface area (Å²) in [4.78, 5) is 15.0. The molecule has 1 aromatic heterocycles. The maximum atomic E-state index is 12.8. The van der Waals surface area contributed by atoms with Gasteiger partial charge in [0.2, 0.25) is 5.91 Å². The van der Waals surface area contributed by atoms with E-state index in [1.54, 1.807) is 0 Å². The summed E-state index contributed by atoms with van der Waals surface area (Å²) in [5, 5.41) is 4.64. The van der Waals surface area contributed by atoms with Gasteiger partial charge in [0.1, 0.15) is 0 Å². The van der Waals surface area contributed by atoms with E-state index >= 15 is 0 Å². The molecule has 0 unspecified atom stereocenters. The van der Waals surface area contributed by atoms with Crippen molar-refractivity contribution in [2.75, 3.05) is 13.1 Å². The molecular weight excluding hydrogens is 286 g/mol. The highest BCUT2D eigenvalue weighted by molar-refractivity contribution is 5.76. The first-order valence-corrected chi connectivity index (χ1v) is 9.42. The largest absolute Gasteiger partial charge is 0.341 e. The maximum absolute atomic E-state index is 12.8. The third kappa shape index (κ3) is 3.31. The number of aryl methyl sites for hydroxylation is 2. The molecule has 2 heterocycles. The fourth-order valence-corrected chi connectivity index (χ4v) is 4.49. The van der Waals surface area contributed by atoms with Crippen LogP contribution in [0, 0.1) is 31.6 Å². The second-order valence-electron chi connectivity index (χ2n) is 8.05. The summed E-state index contributed by atoms with van der Waals surface area (Å²) in [5.41, 5.74) is 2.30. The first kappa shape index (κ1) is 15.2. The van der Waals surface area contributed by atoms with Gasteiger partial charge in [-0.25, -0.2) is 0 Å². The second-order valence-corrected chi connectivity index (χ2v) is 8.05. The Morgan fingerprint density at radius 1 is 1.22 bits per heavy atom. The fourth-order valence-electron chi connectivity index (χ4n) is 4.49. The van der Waals surface area contributed by atoms with Gasteiger partial charge in [0.05, 0.1) is 11.7 Å². The molecule has 23 heavy (non-hydrogen) atoms. The summed E-state index contributed by atoms with van der Waals surface area (Å²) in [6.07, 6.45) is 8.50. The zero-order valence-electron chi connectivity index (χ0n) is 14.5. The summed E-state index contributed by atoms with van der Waals surface area (Å²) in [6.45, 7) is 5.96. The molecule has 0 radical (unpaired) electrons. The molecule has 4 heteroatoms. The molecular formula is C19H29N3O. The van der Waals surface area contributed by atoms with Crippen LogP contribution in [0.25, 0.3) is 0 Å². The third-order valence-corrected chi connectivity index (χ3v) is 6.01. The fraction of sp³-hybridized carbons (Fsp3) is 0.789. The minimum atomic E-state index is 0.363. The lowest BCUT2D eigenvalue weighted by atomic mass is 9.93. The quantitative estimate of drug-likeness (QED) is 0.834. The normalized spacial score (nSPS) is 25.2. The smallest absolute Gasteiger partial charge is 0.222 e. The number of amides is 1. The van der Waals surface area contributed by atoms with E-state index in [0.29, 0.717) is 17.9 Å². The van der Waals surface area contributed by atoms with Crippen LogP contribution in [0.2, 0.25) is 0 Å². The number of piperidine rings is 1. The van der Waals surface area contributed by atoms with Crippen molar-refractivity contribution in [3.8, 4) is 0 Å². The number of rotatable bonds is 5. The molecule has 2 aliphatic carbocycles. The van der Waals surface area contributed by atoms with E-state index in [1.165, 1.54) is 31.4 Å². The maximum Gasteiger partial charge on any atom is 0.222 e. The Balaban J connectivity index is 1.40. The minimum Gasteiger partial charge on any atom is -0.341 e. The lowest BCUT2D eigenvalue weighted by molar-refractivity contribution is -0.134. The SMILES string of the molecule is Cc1cc(C)n([C@H]2CCCN(C(=O)CC(C3CC3)C3CC3)C2)n1. The van der Waals surface area contributed by atoms with Gasteiger partial charge in [-0.3, -0.25) is 9.48 Å². The molecule has 126 valence electrons. The van der Waals surface area contributed by atoms with Gasteiger partial charge in [-0.15, -0.1) is 0 Å². The van der Waals surface area contributed by atoms with Crippen molar-refractivity contribution in [1.29, 1.82) is 0 Å². The molecule has 1 saturated heterocycles. The van der Waals surface area contributed by atoms with Crippen molar-refractivity contribution >= 4 is 5.91 Å². The highest BCUT2D eigenvalue weighted by Crippen LogP contribution is 2.50. The lowest BCUT2D eigenvalue weighted by Crippen LogP contribution is -2.42. The average molecular weight is 315 g/mol. The van der Waals surface area contributed by atoms with Gasteiger partial charge in [0, 0.05) is 25.2 Å². The predicted octanol–water partition coefficient (Wildman–Crippen LogP) is 3.49. The number of hydrogen-bond donors (Lipinski definition) is 0. The van der Waals surface area contributed by atoms with Crippen molar-refractivity contribution in [3.63, 3.8) is 0 Å². The van der Waals surface area contributed by atoms with Crippen LogP contribution >= 0.6 is 0 Å². The topological polar surface area (TPSA) is 38.1 Å². The Bertz CT molecular complexity index is 573. The Morgan fingerprint density at radius 3 is 2.48 bits per heavy atom. The van der Waals surface area contributed by atoms with Gasteiger partial charge < -0.3 is 4.90 Å². The molecule has 4 nitrogen and oxygen atoms in total. The molecule has 2 saturated carbocycles. The molecule has 1 amide bonds. The second kappa shape index (κ2) is 5.95. The monoisotopic (exact) mass is 315 g/mol. The van der Waals surface area contributed by atoms with Crippen LogP contribution < -0.4 is 0 Å². The number of aromatic nitrogens is 2.